The lowest BCUT2D eigenvalue weighted by atomic mass is 10.0. The minimum absolute atomic E-state index is 0. The maximum atomic E-state index is 13.0. The minimum atomic E-state index is -0.490. The van der Waals surface area contributed by atoms with E-state index in [-0.39, 0.29) is 35.2 Å². The summed E-state index contributed by atoms with van der Waals surface area (Å²) < 4.78 is 11.9. The molecular formula is C25H30ClNO4. The number of nitrogens with zero attached hydrogens (tertiary/aromatic N) is 1. The molecule has 3 aromatic rings. The van der Waals surface area contributed by atoms with Gasteiger partial charge in [-0.3, -0.25) is 9.69 Å². The van der Waals surface area contributed by atoms with Crippen molar-refractivity contribution >= 4 is 29.3 Å². The molecule has 0 aliphatic carbocycles. The SMILES string of the molecule is CCCN(CCC)C(C)OC(=O)c1cccc2c(=O)c(C)c(-c3ccccc3)oc12.Cl. The van der Waals surface area contributed by atoms with Crippen molar-refractivity contribution in [1.82, 2.24) is 4.90 Å². The van der Waals surface area contributed by atoms with Crippen LogP contribution in [0, 0.1) is 6.92 Å². The van der Waals surface area contributed by atoms with Gasteiger partial charge in [-0.2, -0.15) is 0 Å². The zero-order valence-corrected chi connectivity index (χ0v) is 19.3. The van der Waals surface area contributed by atoms with Gasteiger partial charge < -0.3 is 9.15 Å². The second-order valence-electron chi connectivity index (χ2n) is 7.47. The van der Waals surface area contributed by atoms with Crippen molar-refractivity contribution in [2.75, 3.05) is 13.1 Å². The van der Waals surface area contributed by atoms with Gasteiger partial charge >= 0.3 is 5.97 Å². The lowest BCUT2D eigenvalue weighted by molar-refractivity contribution is -0.0234. The standard InChI is InChI=1S/C25H29NO4.ClH/c1-5-15-26(16-6-2)18(4)29-25(28)21-14-10-13-20-22(27)17(3)23(30-24(20)21)19-11-8-7-9-12-19;/h7-14,18H,5-6,15-16H2,1-4H3;1H. The number of hydrogen-bond acceptors (Lipinski definition) is 5. The monoisotopic (exact) mass is 443 g/mol. The number of ether oxygens (including phenoxy) is 1. The third-order valence-corrected chi connectivity index (χ3v) is 5.21. The highest BCUT2D eigenvalue weighted by molar-refractivity contribution is 6.02. The van der Waals surface area contributed by atoms with Crippen LogP contribution in [-0.2, 0) is 4.74 Å². The van der Waals surface area contributed by atoms with Gasteiger partial charge in [0, 0.05) is 24.2 Å². The molecule has 0 spiro atoms. The van der Waals surface area contributed by atoms with Gasteiger partial charge in [0.1, 0.15) is 11.3 Å². The summed E-state index contributed by atoms with van der Waals surface area (Å²) in [6, 6.07) is 14.5. The van der Waals surface area contributed by atoms with Gasteiger partial charge in [0.2, 0.25) is 0 Å². The summed E-state index contributed by atoms with van der Waals surface area (Å²) in [6.07, 6.45) is 1.59. The molecule has 0 radical (unpaired) electrons. The Bertz CT molecular complexity index is 1070. The third-order valence-electron chi connectivity index (χ3n) is 5.21. The van der Waals surface area contributed by atoms with Crippen LogP contribution < -0.4 is 5.43 Å². The molecule has 1 heterocycles. The Morgan fingerprint density at radius 3 is 2.29 bits per heavy atom. The first-order valence-electron chi connectivity index (χ1n) is 10.5. The van der Waals surface area contributed by atoms with Crippen molar-refractivity contribution in [3.63, 3.8) is 0 Å². The largest absolute Gasteiger partial charge is 0.455 e. The predicted molar refractivity (Wildman–Crippen MR) is 127 cm³/mol. The molecule has 1 atom stereocenters. The quantitative estimate of drug-likeness (QED) is 0.324. The van der Waals surface area contributed by atoms with Gasteiger partial charge in [0.05, 0.1) is 5.39 Å². The molecule has 0 amide bonds. The summed E-state index contributed by atoms with van der Waals surface area (Å²) in [5.41, 5.74) is 1.70. The fourth-order valence-electron chi connectivity index (χ4n) is 3.68. The molecule has 0 aliphatic rings. The van der Waals surface area contributed by atoms with Crippen LogP contribution in [0.2, 0.25) is 0 Å². The summed E-state index contributed by atoms with van der Waals surface area (Å²) >= 11 is 0. The number of halogens is 1. The number of rotatable bonds is 8. The van der Waals surface area contributed by atoms with Crippen LogP contribution in [0.3, 0.4) is 0 Å². The molecule has 0 bridgehead atoms. The molecule has 0 saturated carbocycles. The second-order valence-corrected chi connectivity index (χ2v) is 7.47. The van der Waals surface area contributed by atoms with Crippen molar-refractivity contribution < 1.29 is 13.9 Å². The van der Waals surface area contributed by atoms with E-state index in [1.807, 2.05) is 37.3 Å². The van der Waals surface area contributed by atoms with Gasteiger partial charge in [-0.25, -0.2) is 4.79 Å². The number of benzene rings is 2. The molecule has 0 aliphatic heterocycles. The highest BCUT2D eigenvalue weighted by Crippen LogP contribution is 2.27. The minimum Gasteiger partial charge on any atom is -0.455 e. The van der Waals surface area contributed by atoms with E-state index in [0.29, 0.717) is 16.7 Å². The van der Waals surface area contributed by atoms with Crippen LogP contribution in [0.4, 0.5) is 0 Å². The fraction of sp³-hybridized carbons (Fsp3) is 0.360. The molecule has 0 saturated heterocycles. The van der Waals surface area contributed by atoms with Gasteiger partial charge in [-0.15, -0.1) is 12.4 Å². The molecule has 1 aromatic heterocycles. The molecule has 3 rings (SSSR count). The van der Waals surface area contributed by atoms with E-state index in [9.17, 15) is 9.59 Å². The zero-order chi connectivity index (χ0) is 21.7. The number of carbonyl (C=O) groups is 1. The molecule has 5 nitrogen and oxygen atoms in total. The van der Waals surface area contributed by atoms with E-state index < -0.39 is 5.97 Å². The van der Waals surface area contributed by atoms with Crippen molar-refractivity contribution in [1.29, 1.82) is 0 Å². The summed E-state index contributed by atoms with van der Waals surface area (Å²) in [6.45, 7) is 9.53. The summed E-state index contributed by atoms with van der Waals surface area (Å²) in [7, 11) is 0. The van der Waals surface area contributed by atoms with Crippen molar-refractivity contribution in [3.8, 4) is 11.3 Å². The highest BCUT2D eigenvalue weighted by Gasteiger charge is 2.22. The van der Waals surface area contributed by atoms with E-state index in [2.05, 4.69) is 18.7 Å². The number of carbonyl (C=O) groups excluding carboxylic acids is 1. The van der Waals surface area contributed by atoms with E-state index in [0.717, 1.165) is 31.5 Å². The molecule has 2 aromatic carbocycles. The first kappa shape index (κ1) is 24.6. The normalized spacial score (nSPS) is 11.9. The molecule has 0 fully saturated rings. The third kappa shape index (κ3) is 5.35. The Morgan fingerprint density at radius 2 is 1.68 bits per heavy atom. The molecular weight excluding hydrogens is 414 g/mol. The highest BCUT2D eigenvalue weighted by atomic mass is 35.5. The van der Waals surface area contributed by atoms with Crippen molar-refractivity contribution in [3.05, 3.63) is 69.9 Å². The number of fused-ring (bicyclic) bond motifs is 1. The Morgan fingerprint density at radius 1 is 1.03 bits per heavy atom. The van der Waals surface area contributed by atoms with Crippen LogP contribution in [0.25, 0.3) is 22.3 Å². The molecule has 166 valence electrons. The van der Waals surface area contributed by atoms with E-state index in [1.54, 1.807) is 25.1 Å². The lowest BCUT2D eigenvalue weighted by Gasteiger charge is -2.27. The van der Waals surface area contributed by atoms with E-state index >= 15 is 0 Å². The Labute approximate surface area is 189 Å². The van der Waals surface area contributed by atoms with Crippen molar-refractivity contribution in [2.45, 2.75) is 46.8 Å². The fourth-order valence-corrected chi connectivity index (χ4v) is 3.68. The second kappa shape index (κ2) is 11.1. The Balaban J connectivity index is 0.00000341. The van der Waals surface area contributed by atoms with Crippen LogP contribution in [0.1, 0.15) is 49.5 Å². The van der Waals surface area contributed by atoms with Crippen molar-refractivity contribution in [2.24, 2.45) is 0 Å². The van der Waals surface area contributed by atoms with E-state index in [1.165, 1.54) is 0 Å². The summed E-state index contributed by atoms with van der Waals surface area (Å²) in [5.74, 6) is -0.0173. The van der Waals surface area contributed by atoms with Gasteiger partial charge in [-0.1, -0.05) is 50.2 Å². The number of para-hydroxylation sites is 1. The average molecular weight is 444 g/mol. The molecule has 0 N–H and O–H groups in total. The summed E-state index contributed by atoms with van der Waals surface area (Å²) in [5, 5.41) is 0.383. The zero-order valence-electron chi connectivity index (χ0n) is 18.5. The summed E-state index contributed by atoms with van der Waals surface area (Å²) in [4.78, 5) is 28.1. The molecule has 1 unspecified atom stereocenters. The first-order valence-corrected chi connectivity index (χ1v) is 10.5. The first-order chi connectivity index (χ1) is 14.5. The Kier molecular flexibility index (Phi) is 8.84. The van der Waals surface area contributed by atoms with Gasteiger partial charge in [-0.05, 0) is 38.8 Å². The van der Waals surface area contributed by atoms with Gasteiger partial charge in [0.25, 0.3) is 0 Å². The number of hydrogen-bond donors (Lipinski definition) is 0. The lowest BCUT2D eigenvalue weighted by Crippen LogP contribution is -2.37. The van der Waals surface area contributed by atoms with Gasteiger partial charge in [0.15, 0.2) is 17.2 Å². The van der Waals surface area contributed by atoms with E-state index in [4.69, 9.17) is 9.15 Å². The smallest absolute Gasteiger partial charge is 0.343 e. The predicted octanol–water partition coefficient (Wildman–Crippen LogP) is 5.82. The Hall–Kier alpha value is -2.63. The molecule has 31 heavy (non-hydrogen) atoms. The maximum absolute atomic E-state index is 13.0. The average Bonchev–Trinajstić information content (AvgIpc) is 2.76. The maximum Gasteiger partial charge on any atom is 0.343 e. The van der Waals surface area contributed by atoms with Crippen LogP contribution >= 0.6 is 12.4 Å². The van der Waals surface area contributed by atoms with Crippen LogP contribution in [0.15, 0.2) is 57.7 Å². The number of esters is 1. The topological polar surface area (TPSA) is 59.8 Å². The van der Waals surface area contributed by atoms with Crippen LogP contribution in [0.5, 0.6) is 0 Å². The van der Waals surface area contributed by atoms with Crippen LogP contribution in [-0.4, -0.2) is 30.2 Å². The molecule has 6 heteroatoms.